The fraction of sp³-hybridized carbons (Fsp3) is 0.481. The molecule has 0 amide bonds. The van der Waals surface area contributed by atoms with Crippen LogP contribution in [-0.2, 0) is 86.6 Å². The van der Waals surface area contributed by atoms with Crippen molar-refractivity contribution in [2.24, 2.45) is 15.3 Å². The largest absolute Gasteiger partial charge is 0.379 e. The summed E-state index contributed by atoms with van der Waals surface area (Å²) >= 11 is 0. The molecule has 8 aromatic rings. The summed E-state index contributed by atoms with van der Waals surface area (Å²) in [6.45, 7) is 27.7. The predicted molar refractivity (Wildman–Crippen MR) is 397 cm³/mol. The second kappa shape index (κ2) is 61.2. The first-order valence-electron chi connectivity index (χ1n) is 35.9. The number of ether oxygens (including phenoxy) is 10. The molecular weight excluding hydrogens is 1320 g/mol. The standard InChI is InChI=1S/C32H40N10O3.C32H40N4O5.C7H15N3O2.2C3H8/c33-37-35-9-23-43-25-19-39-11-1-29(2-12-39)31-5-15-41(16-6-31)21-27-45-28-22-42-17-7-32(8-18-42)30-3-13-40(14-4-30)20-26-44-24-10-36-38-34;1-9-33-10-2-29(1)31-5-13-35(14-6-31)17-19-37-21-23-39-25-27-41-28-26-40-24-22-38-20-18-36-15-7-32(8-16-36)30-3-11-34-12-4-30;1-2-4-11-6-7-12-5-3-9-10-8;2*1-3-2/h1-8,11-18H,9-10,19-28H2;1-16H,17-28H2;2-7H2,1H3;2*3H2,1-2H3/q+4;+2;;;. The Morgan fingerprint density at radius 2 is 0.413 bits per heavy atom. The first kappa shape index (κ1) is 87.1. The van der Waals surface area contributed by atoms with E-state index >= 15 is 0 Å². The van der Waals surface area contributed by atoms with Gasteiger partial charge in [0.1, 0.15) is 39.6 Å². The molecule has 0 aliphatic carbocycles. The highest BCUT2D eigenvalue weighted by Crippen LogP contribution is 2.19. The molecule has 0 saturated heterocycles. The van der Waals surface area contributed by atoms with Crippen molar-refractivity contribution in [1.82, 2.24) is 9.97 Å². The molecule has 27 nitrogen and oxygen atoms in total. The molecule has 8 rings (SSSR count). The van der Waals surface area contributed by atoms with E-state index in [-0.39, 0.29) is 0 Å². The van der Waals surface area contributed by atoms with E-state index in [1.54, 1.807) is 24.8 Å². The van der Waals surface area contributed by atoms with Gasteiger partial charge in [0.2, 0.25) is 0 Å². The number of azide groups is 3. The van der Waals surface area contributed by atoms with E-state index in [1.807, 2.05) is 49.1 Å². The summed E-state index contributed by atoms with van der Waals surface area (Å²) in [5, 5.41) is 10.2. The Hall–Kier alpha value is -9.27. The highest BCUT2D eigenvalue weighted by molar-refractivity contribution is 5.63. The summed E-state index contributed by atoms with van der Waals surface area (Å²) in [4.78, 5) is 16.1. The van der Waals surface area contributed by atoms with Crippen LogP contribution in [0.2, 0.25) is 0 Å². The average molecular weight is 1430 g/mol. The van der Waals surface area contributed by atoms with E-state index in [0.717, 1.165) is 85.7 Å². The molecule has 558 valence electrons. The van der Waals surface area contributed by atoms with Crippen molar-refractivity contribution in [2.45, 2.75) is 93.1 Å². The molecule has 0 aliphatic heterocycles. The summed E-state index contributed by atoms with van der Waals surface area (Å²) in [5.74, 6) is 0. The lowest BCUT2D eigenvalue weighted by Gasteiger charge is -2.07. The van der Waals surface area contributed by atoms with Crippen LogP contribution >= 0.6 is 0 Å². The van der Waals surface area contributed by atoms with Gasteiger partial charge in [-0.1, -0.05) is 62.8 Å². The lowest BCUT2D eigenvalue weighted by molar-refractivity contribution is -0.705. The number of pyridine rings is 8. The molecule has 0 radical (unpaired) electrons. The van der Waals surface area contributed by atoms with Gasteiger partial charge in [-0.25, -0.2) is 27.4 Å². The van der Waals surface area contributed by atoms with Crippen LogP contribution in [0.5, 0.6) is 0 Å². The van der Waals surface area contributed by atoms with Gasteiger partial charge >= 0.3 is 0 Å². The van der Waals surface area contributed by atoms with Gasteiger partial charge in [-0.3, -0.25) is 9.97 Å². The van der Waals surface area contributed by atoms with Crippen LogP contribution < -0.4 is 27.4 Å². The molecule has 104 heavy (non-hydrogen) atoms. The third-order valence-electron chi connectivity index (χ3n) is 14.4. The maximum Gasteiger partial charge on any atom is 0.171 e. The Bertz CT molecular complexity index is 3290. The van der Waals surface area contributed by atoms with Gasteiger partial charge in [0.05, 0.1) is 85.9 Å². The zero-order valence-electron chi connectivity index (χ0n) is 61.8. The van der Waals surface area contributed by atoms with Crippen molar-refractivity contribution in [3.63, 3.8) is 0 Å². The Kier molecular flexibility index (Phi) is 51.3. The van der Waals surface area contributed by atoms with Gasteiger partial charge in [0.25, 0.3) is 0 Å². The summed E-state index contributed by atoms with van der Waals surface area (Å²) in [6.07, 6.45) is 35.5. The van der Waals surface area contributed by atoms with E-state index in [9.17, 15) is 0 Å². The molecule has 0 saturated carbocycles. The minimum absolute atomic E-state index is 0.355. The van der Waals surface area contributed by atoms with Crippen molar-refractivity contribution in [3.8, 4) is 44.5 Å². The molecule has 0 bridgehead atoms. The van der Waals surface area contributed by atoms with E-state index in [0.29, 0.717) is 145 Å². The zero-order chi connectivity index (χ0) is 74.1. The van der Waals surface area contributed by atoms with E-state index < -0.39 is 0 Å². The number of aromatic nitrogens is 8. The van der Waals surface area contributed by atoms with E-state index in [1.165, 1.54) is 24.0 Å². The average Bonchev–Trinajstić information content (AvgIpc) is 0.881. The van der Waals surface area contributed by atoms with Crippen molar-refractivity contribution < 1.29 is 74.8 Å². The van der Waals surface area contributed by atoms with Crippen molar-refractivity contribution in [3.05, 3.63) is 228 Å². The molecule has 0 aliphatic rings. The van der Waals surface area contributed by atoms with E-state index in [4.69, 9.17) is 64.0 Å². The Morgan fingerprint density at radius 3 is 0.615 bits per heavy atom. The van der Waals surface area contributed by atoms with Crippen molar-refractivity contribution >= 4 is 0 Å². The second-order valence-corrected chi connectivity index (χ2v) is 22.8. The van der Waals surface area contributed by atoms with Crippen molar-refractivity contribution in [2.75, 3.05) is 152 Å². The molecule has 0 atom stereocenters. The Morgan fingerprint density at radius 1 is 0.250 bits per heavy atom. The minimum Gasteiger partial charge on any atom is -0.379 e. The summed E-state index contributed by atoms with van der Waals surface area (Å²) in [5.41, 5.74) is 33.8. The molecule has 0 aromatic carbocycles. The lowest BCUT2D eigenvalue weighted by atomic mass is 10.1. The molecule has 0 N–H and O–H groups in total. The first-order chi connectivity index (χ1) is 51.4. The van der Waals surface area contributed by atoms with Gasteiger partial charge in [-0.2, -0.15) is 0 Å². The quantitative estimate of drug-likeness (QED) is 0.0113. The van der Waals surface area contributed by atoms with Gasteiger partial charge in [-0.05, 0) is 91.8 Å². The van der Waals surface area contributed by atoms with Crippen LogP contribution in [0.15, 0.2) is 212 Å². The third kappa shape index (κ3) is 42.4. The highest BCUT2D eigenvalue weighted by atomic mass is 16.6. The van der Waals surface area contributed by atoms with Crippen LogP contribution in [0.4, 0.5) is 0 Å². The molecule has 8 heterocycles. The number of hydrogen-bond acceptors (Lipinski definition) is 15. The second-order valence-electron chi connectivity index (χ2n) is 22.8. The maximum absolute atomic E-state index is 8.28. The summed E-state index contributed by atoms with van der Waals surface area (Å²) in [6, 6.07) is 33.3. The van der Waals surface area contributed by atoms with Crippen LogP contribution in [0, 0.1) is 0 Å². The van der Waals surface area contributed by atoms with Gasteiger partial charge in [0, 0.05) is 139 Å². The fourth-order valence-corrected chi connectivity index (χ4v) is 9.11. The number of nitrogens with zero attached hydrogens (tertiary/aromatic N) is 17. The monoisotopic (exact) mass is 1430 g/mol. The molecule has 27 heteroatoms. The zero-order valence-corrected chi connectivity index (χ0v) is 61.8. The van der Waals surface area contributed by atoms with Crippen LogP contribution in [0.3, 0.4) is 0 Å². The van der Waals surface area contributed by atoms with E-state index in [2.05, 4.69) is 224 Å². The van der Waals surface area contributed by atoms with Crippen LogP contribution in [0.1, 0.15) is 53.9 Å². The predicted octanol–water partition coefficient (Wildman–Crippen LogP) is 11.3. The number of hydrogen-bond donors (Lipinski definition) is 0. The van der Waals surface area contributed by atoms with Gasteiger partial charge in [-0.15, -0.1) is 0 Å². The maximum atomic E-state index is 8.28. The molecule has 0 spiro atoms. The molecular formula is C77H111N17O10+6. The topological polar surface area (TPSA) is 288 Å². The Labute approximate surface area is 614 Å². The van der Waals surface area contributed by atoms with Crippen LogP contribution in [0.25, 0.3) is 75.8 Å². The van der Waals surface area contributed by atoms with Crippen molar-refractivity contribution in [1.29, 1.82) is 0 Å². The summed E-state index contributed by atoms with van der Waals surface area (Å²) < 4.78 is 67.7. The van der Waals surface area contributed by atoms with Gasteiger partial charge < -0.3 is 47.4 Å². The minimum atomic E-state index is 0.355. The lowest BCUT2D eigenvalue weighted by Crippen LogP contribution is -2.37. The normalized spacial score (nSPS) is 10.4. The number of rotatable bonds is 48. The highest BCUT2D eigenvalue weighted by Gasteiger charge is 2.11. The smallest absolute Gasteiger partial charge is 0.171 e. The summed E-state index contributed by atoms with van der Waals surface area (Å²) in [7, 11) is 0. The Balaban J connectivity index is 0.000000358. The fourth-order valence-electron chi connectivity index (χ4n) is 9.11. The van der Waals surface area contributed by atoms with Crippen LogP contribution in [-0.4, -0.2) is 162 Å². The first-order valence-corrected chi connectivity index (χ1v) is 35.9. The molecule has 0 fully saturated rings. The molecule has 8 aromatic heterocycles. The third-order valence-corrected chi connectivity index (χ3v) is 14.4. The molecule has 0 unspecified atom stereocenters. The van der Waals surface area contributed by atoms with Gasteiger partial charge in [0.15, 0.2) is 114 Å². The SMILES string of the molecule is CCC.CCC.CCCOCCOCCN=[N+]=[N-].[N-]=[N+]=NCCOCC[n+]1ccc(-c2cc[n+](CCOCC[n+]3ccc(-c4cc[n+](CCOCCN=[N+]=[N-])cc4)cc3)cc2)cc1.c1cc(-c2cc[n+](CCOCCOCCOCCOCCOCC[n+]3ccc(-c4ccncc4)cc3)cc2)ccn1.